The van der Waals surface area contributed by atoms with E-state index in [1.165, 1.54) is 13.2 Å². The quantitative estimate of drug-likeness (QED) is 0.232. The predicted molar refractivity (Wildman–Crippen MR) is 119 cm³/mol. The summed E-state index contributed by atoms with van der Waals surface area (Å²) < 4.78 is 16.1. The molecular formula is C20H24N5O5P. The molecular weight excluding hydrogens is 421 g/mol. The number of ether oxygens (including phenoxy) is 1. The molecule has 0 bridgehead atoms. The van der Waals surface area contributed by atoms with Crippen molar-refractivity contribution in [3.63, 3.8) is 0 Å². The monoisotopic (exact) mass is 445 g/mol. The third kappa shape index (κ3) is 6.73. The molecule has 2 heterocycles. The maximum atomic E-state index is 10.9. The molecule has 0 aliphatic carbocycles. The number of aromatic hydroxyl groups is 1. The van der Waals surface area contributed by atoms with Gasteiger partial charge in [-0.25, -0.2) is 9.97 Å². The first-order valence-electron chi connectivity index (χ1n) is 9.52. The van der Waals surface area contributed by atoms with Crippen molar-refractivity contribution in [2.45, 2.75) is 0 Å². The Morgan fingerprint density at radius 2 is 2.00 bits per heavy atom. The van der Waals surface area contributed by atoms with Crippen LogP contribution < -0.4 is 15.4 Å². The number of hydrogen-bond donors (Lipinski definition) is 5. The fourth-order valence-corrected chi connectivity index (χ4v) is 3.25. The van der Waals surface area contributed by atoms with Gasteiger partial charge in [-0.3, -0.25) is 9.55 Å². The molecule has 0 fully saturated rings. The molecule has 31 heavy (non-hydrogen) atoms. The number of phenols is 1. The third-order valence-corrected chi connectivity index (χ3v) is 5.10. The van der Waals surface area contributed by atoms with Crippen LogP contribution >= 0.6 is 7.60 Å². The zero-order valence-corrected chi connectivity index (χ0v) is 17.8. The normalized spacial score (nSPS) is 11.8. The number of hydrogen-bond acceptors (Lipinski definition) is 8. The maximum absolute atomic E-state index is 10.9. The van der Waals surface area contributed by atoms with Crippen molar-refractivity contribution in [1.29, 1.82) is 0 Å². The van der Waals surface area contributed by atoms with Gasteiger partial charge in [0.25, 0.3) is 0 Å². The molecule has 0 aliphatic heterocycles. The van der Waals surface area contributed by atoms with Gasteiger partial charge in [-0.05, 0) is 29.8 Å². The lowest BCUT2D eigenvalue weighted by atomic mass is 10.2. The molecule has 0 saturated heterocycles. The number of pyridine rings is 1. The summed E-state index contributed by atoms with van der Waals surface area (Å²) in [6, 6.07) is 6.92. The third-order valence-electron chi connectivity index (χ3n) is 4.30. The van der Waals surface area contributed by atoms with Crippen LogP contribution in [0, 0.1) is 0 Å². The lowest BCUT2D eigenvalue weighted by Gasteiger charge is -2.12. The van der Waals surface area contributed by atoms with E-state index in [9.17, 15) is 9.67 Å². The van der Waals surface area contributed by atoms with Gasteiger partial charge in [-0.2, -0.15) is 0 Å². The van der Waals surface area contributed by atoms with E-state index in [0.717, 1.165) is 5.56 Å². The van der Waals surface area contributed by atoms with Crippen molar-refractivity contribution in [3.8, 4) is 11.5 Å². The molecule has 5 N–H and O–H groups in total. The van der Waals surface area contributed by atoms with Gasteiger partial charge < -0.3 is 30.3 Å². The van der Waals surface area contributed by atoms with Gasteiger partial charge in [0.1, 0.15) is 5.82 Å². The largest absolute Gasteiger partial charge is 0.504 e. The topological polar surface area (TPSA) is 150 Å². The highest BCUT2D eigenvalue weighted by Gasteiger charge is 2.13. The second kappa shape index (κ2) is 10.3. The van der Waals surface area contributed by atoms with Gasteiger partial charge in [0.05, 0.1) is 18.8 Å². The van der Waals surface area contributed by atoms with Crippen LogP contribution in [-0.2, 0) is 4.57 Å². The van der Waals surface area contributed by atoms with Crippen LogP contribution in [0.2, 0.25) is 0 Å². The minimum atomic E-state index is -4.01. The molecule has 0 aliphatic rings. The van der Waals surface area contributed by atoms with E-state index in [1.807, 2.05) is 18.2 Å². The van der Waals surface area contributed by atoms with E-state index in [2.05, 4.69) is 25.6 Å². The minimum Gasteiger partial charge on any atom is -0.504 e. The SMILES string of the molecule is COc1cc2nc(/C=C/c3cccnc3)nc(NCCNCCP(=O)(O)O)c2cc1O. The summed E-state index contributed by atoms with van der Waals surface area (Å²) >= 11 is 0. The van der Waals surface area contributed by atoms with Crippen molar-refractivity contribution in [3.05, 3.63) is 48.0 Å². The lowest BCUT2D eigenvalue weighted by Crippen LogP contribution is -2.25. The molecule has 0 atom stereocenters. The summed E-state index contributed by atoms with van der Waals surface area (Å²) in [5, 5.41) is 16.9. The van der Waals surface area contributed by atoms with Crippen LogP contribution in [-0.4, -0.2) is 62.8 Å². The Bertz CT molecular complexity index is 1100. The highest BCUT2D eigenvalue weighted by Crippen LogP contribution is 2.34. The summed E-state index contributed by atoms with van der Waals surface area (Å²) in [5.74, 6) is 1.25. The molecule has 3 aromatic rings. The molecule has 2 aromatic heterocycles. The van der Waals surface area contributed by atoms with E-state index < -0.39 is 7.60 Å². The molecule has 1 aromatic carbocycles. The summed E-state index contributed by atoms with van der Waals surface area (Å²) in [4.78, 5) is 30.9. The smallest absolute Gasteiger partial charge is 0.326 e. The summed E-state index contributed by atoms with van der Waals surface area (Å²) in [7, 11) is -2.55. The first-order valence-corrected chi connectivity index (χ1v) is 11.3. The fourth-order valence-electron chi connectivity index (χ4n) is 2.80. The number of rotatable bonds is 10. The average molecular weight is 445 g/mol. The van der Waals surface area contributed by atoms with Crippen molar-refractivity contribution in [2.75, 3.05) is 38.2 Å². The van der Waals surface area contributed by atoms with E-state index in [4.69, 9.17) is 14.5 Å². The number of anilines is 1. The van der Waals surface area contributed by atoms with E-state index in [0.29, 0.717) is 41.4 Å². The van der Waals surface area contributed by atoms with E-state index in [1.54, 1.807) is 24.5 Å². The van der Waals surface area contributed by atoms with Gasteiger partial charge in [0.2, 0.25) is 0 Å². The Labute approximate surface area is 179 Å². The van der Waals surface area contributed by atoms with Crippen LogP contribution in [0.1, 0.15) is 11.4 Å². The molecule has 0 spiro atoms. The molecule has 164 valence electrons. The van der Waals surface area contributed by atoms with Crippen LogP contribution in [0.4, 0.5) is 5.82 Å². The Balaban J connectivity index is 1.80. The number of fused-ring (bicyclic) bond motifs is 1. The van der Waals surface area contributed by atoms with Crippen LogP contribution in [0.5, 0.6) is 11.5 Å². The zero-order valence-electron chi connectivity index (χ0n) is 16.9. The number of nitrogens with one attached hydrogen (secondary N) is 2. The molecule has 0 saturated carbocycles. The molecule has 0 unspecified atom stereocenters. The van der Waals surface area contributed by atoms with Gasteiger partial charge in [0, 0.05) is 43.5 Å². The second-order valence-electron chi connectivity index (χ2n) is 6.66. The van der Waals surface area contributed by atoms with Crippen LogP contribution in [0.3, 0.4) is 0 Å². The second-order valence-corrected chi connectivity index (χ2v) is 8.43. The highest BCUT2D eigenvalue weighted by molar-refractivity contribution is 7.51. The number of phenolic OH excluding ortho intramolecular Hbond substituents is 1. The maximum Gasteiger partial charge on any atom is 0.326 e. The van der Waals surface area contributed by atoms with Crippen LogP contribution in [0.15, 0.2) is 36.7 Å². The average Bonchev–Trinajstić information content (AvgIpc) is 2.74. The van der Waals surface area contributed by atoms with Gasteiger partial charge in [-0.15, -0.1) is 0 Å². The van der Waals surface area contributed by atoms with Crippen molar-refractivity contribution < 1.29 is 24.2 Å². The lowest BCUT2D eigenvalue weighted by molar-refractivity contribution is 0.372. The van der Waals surface area contributed by atoms with Crippen LogP contribution in [0.25, 0.3) is 23.1 Å². The Kier molecular flexibility index (Phi) is 7.54. The highest BCUT2D eigenvalue weighted by atomic mass is 31.2. The number of aromatic nitrogens is 3. The fraction of sp³-hybridized carbons (Fsp3) is 0.250. The molecule has 3 rings (SSSR count). The predicted octanol–water partition coefficient (Wildman–Crippen LogP) is 2.09. The summed E-state index contributed by atoms with van der Waals surface area (Å²) in [5.41, 5.74) is 1.49. The Morgan fingerprint density at radius 3 is 2.71 bits per heavy atom. The summed E-state index contributed by atoms with van der Waals surface area (Å²) in [6.07, 6.45) is 6.80. The number of benzene rings is 1. The number of methoxy groups -OCH3 is 1. The first kappa shape index (κ1) is 22.6. The van der Waals surface area contributed by atoms with Crippen molar-refractivity contribution in [1.82, 2.24) is 20.3 Å². The molecule has 0 radical (unpaired) electrons. The van der Waals surface area contributed by atoms with Crippen molar-refractivity contribution >= 4 is 36.5 Å². The minimum absolute atomic E-state index is 0.0277. The van der Waals surface area contributed by atoms with E-state index in [-0.39, 0.29) is 18.5 Å². The van der Waals surface area contributed by atoms with Gasteiger partial charge in [-0.1, -0.05) is 6.07 Å². The molecule has 0 amide bonds. The zero-order chi connectivity index (χ0) is 22.3. The van der Waals surface area contributed by atoms with E-state index >= 15 is 0 Å². The first-order chi connectivity index (χ1) is 14.9. The number of nitrogens with zero attached hydrogens (tertiary/aromatic N) is 3. The standard InChI is InChI=1S/C20H24N5O5P/c1-30-18-12-16-15(11-17(18)26)20(23-8-7-21-9-10-31(27,28)29)25-19(24-16)5-4-14-3-2-6-22-13-14/h2-6,11-13,21,26H,7-10H2,1H3,(H,23,24,25)(H2,27,28,29)/b5-4+. The summed E-state index contributed by atoms with van der Waals surface area (Å²) in [6.45, 7) is 1.12. The van der Waals surface area contributed by atoms with Gasteiger partial charge >= 0.3 is 7.60 Å². The molecule has 11 heteroatoms. The Morgan fingerprint density at radius 1 is 1.16 bits per heavy atom. The van der Waals surface area contributed by atoms with Crippen molar-refractivity contribution in [2.24, 2.45) is 0 Å². The Hall–Kier alpha value is -3.04. The van der Waals surface area contributed by atoms with Gasteiger partial charge in [0.15, 0.2) is 17.3 Å². The molecule has 10 nitrogen and oxygen atoms in total.